The van der Waals surface area contributed by atoms with E-state index in [9.17, 15) is 4.79 Å². The first-order valence-electron chi connectivity index (χ1n) is 3.59. The maximum absolute atomic E-state index is 10.9. The molecular formula is C8H11N3O. The highest BCUT2D eigenvalue weighted by atomic mass is 16.1. The normalized spacial score (nSPS) is 12.5. The molecule has 0 aromatic carbocycles. The van der Waals surface area contributed by atoms with Gasteiger partial charge in [-0.15, -0.1) is 0 Å². The van der Waals surface area contributed by atoms with Gasteiger partial charge >= 0.3 is 0 Å². The van der Waals surface area contributed by atoms with Crippen molar-refractivity contribution >= 4 is 11.6 Å². The molecule has 4 nitrogen and oxygen atoms in total. The molecule has 0 aliphatic heterocycles. The predicted octanol–water partition coefficient (Wildman–Crippen LogP) is 0.253. The number of nitrogens with two attached hydrogens (primary N) is 2. The zero-order chi connectivity index (χ0) is 9.14. The number of rotatable bonds is 2. The fraction of sp³-hybridized carbons (Fsp3) is 0.250. The van der Waals surface area contributed by atoms with E-state index in [1.165, 1.54) is 6.92 Å². The molecule has 4 heteroatoms. The van der Waals surface area contributed by atoms with E-state index < -0.39 is 6.04 Å². The fourth-order valence-electron chi connectivity index (χ4n) is 0.912. The van der Waals surface area contributed by atoms with Gasteiger partial charge in [0.05, 0.1) is 6.04 Å². The van der Waals surface area contributed by atoms with Crippen LogP contribution >= 0.6 is 0 Å². The van der Waals surface area contributed by atoms with Crippen molar-refractivity contribution in [2.45, 2.75) is 13.0 Å². The van der Waals surface area contributed by atoms with Crippen LogP contribution in [0.2, 0.25) is 0 Å². The lowest BCUT2D eigenvalue weighted by atomic mass is 10.1. The summed E-state index contributed by atoms with van der Waals surface area (Å²) in [5.41, 5.74) is 11.7. The number of aromatic nitrogens is 1. The van der Waals surface area contributed by atoms with Crippen molar-refractivity contribution in [3.05, 3.63) is 23.9 Å². The van der Waals surface area contributed by atoms with Gasteiger partial charge in [-0.2, -0.15) is 0 Å². The Balaban J connectivity index is 3.02. The third-order valence-corrected chi connectivity index (χ3v) is 1.64. The van der Waals surface area contributed by atoms with Crippen molar-refractivity contribution in [1.29, 1.82) is 0 Å². The second-order valence-electron chi connectivity index (χ2n) is 2.57. The van der Waals surface area contributed by atoms with Gasteiger partial charge in [-0.05, 0) is 13.0 Å². The van der Waals surface area contributed by atoms with E-state index in [1.807, 2.05) is 0 Å². The molecule has 64 valence electrons. The lowest BCUT2D eigenvalue weighted by Gasteiger charge is -2.08. The summed E-state index contributed by atoms with van der Waals surface area (Å²) in [7, 11) is 0. The van der Waals surface area contributed by atoms with Crippen LogP contribution < -0.4 is 11.5 Å². The molecule has 12 heavy (non-hydrogen) atoms. The number of Topliss-reactive ketones (excluding diaryl/α,β-unsaturated/α-hetero) is 1. The van der Waals surface area contributed by atoms with Gasteiger partial charge in [-0.1, -0.05) is 6.07 Å². The first kappa shape index (κ1) is 8.67. The van der Waals surface area contributed by atoms with Crippen LogP contribution in [0.4, 0.5) is 5.82 Å². The summed E-state index contributed by atoms with van der Waals surface area (Å²) >= 11 is 0. The molecule has 0 spiro atoms. The first-order chi connectivity index (χ1) is 5.63. The lowest BCUT2D eigenvalue weighted by Crippen LogP contribution is -2.20. The molecule has 1 heterocycles. The number of nitrogens with zero attached hydrogens (tertiary/aromatic N) is 1. The monoisotopic (exact) mass is 165 g/mol. The van der Waals surface area contributed by atoms with Crippen molar-refractivity contribution in [2.24, 2.45) is 5.73 Å². The Bertz CT molecular complexity index is 298. The third-order valence-electron chi connectivity index (χ3n) is 1.64. The summed E-state index contributed by atoms with van der Waals surface area (Å²) in [6.07, 6.45) is 1.56. The van der Waals surface area contributed by atoms with Gasteiger partial charge in [0.25, 0.3) is 0 Å². The van der Waals surface area contributed by atoms with Gasteiger partial charge in [-0.3, -0.25) is 4.79 Å². The Morgan fingerprint density at radius 3 is 2.83 bits per heavy atom. The van der Waals surface area contributed by atoms with Crippen LogP contribution in [0.1, 0.15) is 18.5 Å². The molecule has 1 atom stereocenters. The first-order valence-corrected chi connectivity index (χ1v) is 3.59. The number of anilines is 1. The van der Waals surface area contributed by atoms with Crippen molar-refractivity contribution < 1.29 is 4.79 Å². The highest BCUT2D eigenvalue weighted by molar-refractivity contribution is 5.83. The van der Waals surface area contributed by atoms with E-state index in [-0.39, 0.29) is 5.78 Å². The van der Waals surface area contributed by atoms with Crippen molar-refractivity contribution in [3.63, 3.8) is 0 Å². The van der Waals surface area contributed by atoms with Crippen LogP contribution in [-0.2, 0) is 4.79 Å². The van der Waals surface area contributed by atoms with Gasteiger partial charge < -0.3 is 11.5 Å². The van der Waals surface area contributed by atoms with Crippen LogP contribution in [-0.4, -0.2) is 10.8 Å². The van der Waals surface area contributed by atoms with Gasteiger partial charge in [0.1, 0.15) is 5.82 Å². The quantitative estimate of drug-likeness (QED) is 0.658. The number of pyridine rings is 1. The smallest absolute Gasteiger partial charge is 0.151 e. The van der Waals surface area contributed by atoms with Gasteiger partial charge in [0.2, 0.25) is 0 Å². The highest BCUT2D eigenvalue weighted by Crippen LogP contribution is 2.15. The third kappa shape index (κ3) is 1.60. The van der Waals surface area contributed by atoms with Crippen molar-refractivity contribution in [1.82, 2.24) is 4.98 Å². The second kappa shape index (κ2) is 3.32. The maximum Gasteiger partial charge on any atom is 0.151 e. The summed E-state index contributed by atoms with van der Waals surface area (Å²) in [6, 6.07) is 2.75. The van der Waals surface area contributed by atoms with E-state index in [0.717, 1.165) is 0 Å². The second-order valence-corrected chi connectivity index (χ2v) is 2.57. The van der Waals surface area contributed by atoms with Crippen molar-refractivity contribution in [2.75, 3.05) is 5.73 Å². The molecule has 0 fully saturated rings. The van der Waals surface area contributed by atoms with Gasteiger partial charge in [-0.25, -0.2) is 4.98 Å². The van der Waals surface area contributed by atoms with Crippen molar-refractivity contribution in [3.8, 4) is 0 Å². The molecule has 4 N–H and O–H groups in total. The molecular weight excluding hydrogens is 154 g/mol. The molecule has 0 radical (unpaired) electrons. The number of hydrogen-bond acceptors (Lipinski definition) is 4. The molecule has 0 amide bonds. The van der Waals surface area contributed by atoms with E-state index in [2.05, 4.69) is 4.98 Å². The average molecular weight is 165 g/mol. The lowest BCUT2D eigenvalue weighted by molar-refractivity contribution is -0.118. The van der Waals surface area contributed by atoms with Crippen LogP contribution in [0, 0.1) is 0 Å². The standard InChI is InChI=1S/C8H11N3O/c1-5(12)7(9)6-3-2-4-11-8(6)10/h2-4,7H,9H2,1H3,(H2,10,11). The molecule has 1 rings (SSSR count). The van der Waals surface area contributed by atoms with E-state index >= 15 is 0 Å². The Kier molecular flexibility index (Phi) is 2.40. The van der Waals surface area contributed by atoms with Crippen LogP contribution in [0.25, 0.3) is 0 Å². The van der Waals surface area contributed by atoms with Crippen LogP contribution in [0.15, 0.2) is 18.3 Å². The van der Waals surface area contributed by atoms with Crippen LogP contribution in [0.5, 0.6) is 0 Å². The largest absolute Gasteiger partial charge is 0.383 e. The Morgan fingerprint density at radius 2 is 2.33 bits per heavy atom. The Labute approximate surface area is 70.6 Å². The predicted molar refractivity (Wildman–Crippen MR) is 46.3 cm³/mol. The highest BCUT2D eigenvalue weighted by Gasteiger charge is 2.13. The van der Waals surface area contributed by atoms with Gasteiger partial charge in [0.15, 0.2) is 5.78 Å². The summed E-state index contributed by atoms with van der Waals surface area (Å²) < 4.78 is 0. The fourth-order valence-corrected chi connectivity index (χ4v) is 0.912. The summed E-state index contributed by atoms with van der Waals surface area (Å²) in [4.78, 5) is 14.7. The minimum absolute atomic E-state index is 0.116. The molecule has 0 saturated heterocycles. The average Bonchev–Trinajstić information content (AvgIpc) is 2.04. The topological polar surface area (TPSA) is 82.0 Å². The maximum atomic E-state index is 10.9. The Morgan fingerprint density at radius 1 is 1.67 bits per heavy atom. The number of carbonyl (C=O) groups is 1. The molecule has 0 aliphatic carbocycles. The zero-order valence-electron chi connectivity index (χ0n) is 6.82. The van der Waals surface area contributed by atoms with E-state index in [1.54, 1.807) is 18.3 Å². The minimum Gasteiger partial charge on any atom is -0.383 e. The van der Waals surface area contributed by atoms with E-state index in [0.29, 0.717) is 11.4 Å². The molecule has 1 aromatic rings. The number of carbonyl (C=O) groups excluding carboxylic acids is 1. The summed E-state index contributed by atoms with van der Waals surface area (Å²) in [6.45, 7) is 1.43. The van der Waals surface area contributed by atoms with E-state index in [4.69, 9.17) is 11.5 Å². The van der Waals surface area contributed by atoms with Crippen LogP contribution in [0.3, 0.4) is 0 Å². The zero-order valence-corrected chi connectivity index (χ0v) is 6.82. The molecule has 0 saturated carbocycles. The van der Waals surface area contributed by atoms with Gasteiger partial charge in [0, 0.05) is 11.8 Å². The number of nitrogen functional groups attached to an aromatic ring is 1. The molecule has 0 bridgehead atoms. The number of ketones is 1. The SMILES string of the molecule is CC(=O)C(N)c1cccnc1N. The molecule has 1 aromatic heterocycles. The molecule has 0 aliphatic rings. The minimum atomic E-state index is -0.654. The Hall–Kier alpha value is -1.42. The number of hydrogen-bond donors (Lipinski definition) is 2. The molecule has 1 unspecified atom stereocenters. The summed E-state index contributed by atoms with van der Waals surface area (Å²) in [5.74, 6) is 0.204. The summed E-state index contributed by atoms with van der Waals surface area (Å²) in [5, 5.41) is 0.